The lowest BCUT2D eigenvalue weighted by Crippen LogP contribution is -2.50. The number of sulfonamides is 1. The van der Waals surface area contributed by atoms with E-state index in [4.69, 9.17) is 15.7 Å². The molecule has 0 aliphatic carbocycles. The molecule has 4 aliphatic heterocycles. The van der Waals surface area contributed by atoms with Gasteiger partial charge in [-0.3, -0.25) is 29.2 Å². The minimum Gasteiger partial charge on any atom is -0.326 e. The minimum absolute atomic E-state index is 0.00959. The maximum absolute atomic E-state index is 13.0. The van der Waals surface area contributed by atoms with Gasteiger partial charge in [-0.05, 0) is 138 Å². The van der Waals surface area contributed by atoms with Crippen LogP contribution in [0.1, 0.15) is 84.0 Å². The zero-order chi connectivity index (χ0) is 50.1. The number of halogens is 1. The van der Waals surface area contributed by atoms with Crippen LogP contribution in [0.4, 0.5) is 11.4 Å². The van der Waals surface area contributed by atoms with Crippen LogP contribution in [-0.4, -0.2) is 105 Å². The predicted molar refractivity (Wildman–Crippen MR) is 272 cm³/mol. The zero-order valence-corrected chi connectivity index (χ0v) is 42.3. The number of nitrogens with zero attached hydrogens (tertiary/aromatic N) is 3. The van der Waals surface area contributed by atoms with Gasteiger partial charge in [0.2, 0.25) is 30.9 Å². The van der Waals surface area contributed by atoms with Gasteiger partial charge in [0.25, 0.3) is 11.8 Å². The third-order valence-corrected chi connectivity index (χ3v) is 15.5. The Morgan fingerprint density at radius 1 is 0.638 bits per heavy atom. The number of anilines is 2. The number of aliphatic imine (C=N–C) groups is 2. The summed E-state index contributed by atoms with van der Waals surface area (Å²) in [7, 11) is -1.79. The van der Waals surface area contributed by atoms with Gasteiger partial charge < -0.3 is 26.6 Å². The molecule has 0 radical (unpaired) electrons. The number of benzene rings is 4. The number of carbonyl (C=O) groups excluding carboxylic acids is 4. The molecular weight excluding hydrogens is 940 g/mol. The lowest BCUT2D eigenvalue weighted by Gasteiger charge is -2.34. The molecule has 4 aliphatic rings. The lowest BCUT2D eigenvalue weighted by atomic mass is 9.89. The molecule has 69 heavy (non-hydrogen) atoms. The topological polar surface area (TPSA) is 225 Å². The summed E-state index contributed by atoms with van der Waals surface area (Å²) >= 11 is 0. The van der Waals surface area contributed by atoms with Gasteiger partial charge in [-0.15, -0.1) is 0 Å². The third kappa shape index (κ3) is 14.2. The SMILES string of the molecule is CC(=O)Nc1ccc(CCS(=O)(=O)Cl)c(C)c1.CC(=O)Nc1ccc(CCS(=O)(=O)N2CCC3(CC2)N=C(c2cccc(C)c2)NC3=O)c(C)c1.Cc1cccc(C2=NC3(CCNCC3)C(=O)N2)c1. The normalized spacial score (nSPS) is 17.3. The molecule has 2 fully saturated rings. The summed E-state index contributed by atoms with van der Waals surface area (Å²) in [5, 5.41) is 14.5. The van der Waals surface area contributed by atoms with Gasteiger partial charge in [-0.2, -0.15) is 0 Å². The van der Waals surface area contributed by atoms with E-state index in [9.17, 15) is 36.0 Å². The second kappa shape index (κ2) is 22.3. The summed E-state index contributed by atoms with van der Waals surface area (Å²) in [5.41, 5.74) is 7.77. The molecule has 8 rings (SSSR count). The molecule has 0 unspecified atom stereocenters. The summed E-state index contributed by atoms with van der Waals surface area (Å²) < 4.78 is 49.2. The second-order valence-corrected chi connectivity index (χ2v) is 23.0. The maximum atomic E-state index is 13.0. The number of amidine groups is 2. The van der Waals surface area contributed by atoms with E-state index in [0.29, 0.717) is 42.9 Å². The van der Waals surface area contributed by atoms with Crippen LogP contribution in [0.15, 0.2) is 94.9 Å². The Morgan fingerprint density at radius 3 is 1.48 bits per heavy atom. The van der Waals surface area contributed by atoms with Gasteiger partial charge in [0.05, 0.1) is 11.5 Å². The van der Waals surface area contributed by atoms with Crippen molar-refractivity contribution in [3.8, 4) is 0 Å². The molecule has 2 saturated heterocycles. The van der Waals surface area contributed by atoms with E-state index in [1.54, 1.807) is 24.3 Å². The fourth-order valence-electron chi connectivity index (χ4n) is 8.66. The van der Waals surface area contributed by atoms with Crippen LogP contribution in [0.2, 0.25) is 0 Å². The smallest absolute Gasteiger partial charge is 0.253 e. The number of aryl methyl sites for hydroxylation is 6. The molecule has 0 saturated carbocycles. The van der Waals surface area contributed by atoms with Gasteiger partial charge in [0, 0.05) is 60.1 Å². The number of nitrogens with one attached hydrogen (secondary N) is 5. The van der Waals surface area contributed by atoms with Crippen LogP contribution in [-0.2, 0) is 51.1 Å². The standard InChI is InChI=1S/C25H30N4O4S.C14H17N3O.C11H14ClNO3S/c1-17-5-4-6-21(15-17)23-27-24(31)25(28-23)10-12-29(13-11-25)34(32,33)14-9-20-7-8-22(16-18(20)2)26-19(3)30;1-10-3-2-4-11(9-10)12-16-13(18)14(17-12)5-7-15-8-6-14;1-8-7-11(13-9(2)14)4-3-10(8)5-6-17(12,15)16/h4-8,15-16H,9-14H2,1-3H3,(H,26,30)(H,27,28,31);2-4,9,15H,5-8H2,1H3,(H,16,17,18);3-4,7H,5-6H2,1-2H3,(H,13,14). The van der Waals surface area contributed by atoms with Crippen molar-refractivity contribution in [3.05, 3.63) is 129 Å². The fraction of sp³-hybridized carbons (Fsp3) is 0.400. The van der Waals surface area contributed by atoms with E-state index < -0.39 is 30.2 Å². The van der Waals surface area contributed by atoms with Crippen molar-refractivity contribution < 1.29 is 36.0 Å². The summed E-state index contributed by atoms with van der Waals surface area (Å²) in [5.74, 6) is 0.800. The van der Waals surface area contributed by atoms with Crippen molar-refractivity contribution in [2.75, 3.05) is 48.3 Å². The molecule has 2 spiro atoms. The van der Waals surface area contributed by atoms with Crippen LogP contribution in [0.5, 0.6) is 0 Å². The minimum atomic E-state index is -3.48. The Kier molecular flexibility index (Phi) is 17.0. The Hall–Kier alpha value is -5.79. The highest BCUT2D eigenvalue weighted by atomic mass is 35.7. The molecule has 4 aromatic rings. The summed E-state index contributed by atoms with van der Waals surface area (Å²) in [6.45, 7) is 12.9. The highest BCUT2D eigenvalue weighted by molar-refractivity contribution is 8.13. The molecule has 0 atom stereocenters. The maximum Gasteiger partial charge on any atom is 0.253 e. The molecule has 19 heteroatoms. The zero-order valence-electron chi connectivity index (χ0n) is 39.9. The van der Waals surface area contributed by atoms with E-state index in [2.05, 4.69) is 37.6 Å². The van der Waals surface area contributed by atoms with Crippen molar-refractivity contribution >= 4 is 76.4 Å². The van der Waals surface area contributed by atoms with Gasteiger partial charge in [-0.1, -0.05) is 59.7 Å². The fourth-order valence-corrected chi connectivity index (χ4v) is 10.8. The Bertz CT molecular complexity index is 2890. The Labute approximate surface area is 409 Å². The largest absolute Gasteiger partial charge is 0.326 e. The number of hydrogen-bond acceptors (Lipinski definition) is 11. The molecule has 0 bridgehead atoms. The predicted octanol–water partition coefficient (Wildman–Crippen LogP) is 5.60. The number of hydrogen-bond donors (Lipinski definition) is 5. The van der Waals surface area contributed by atoms with E-state index in [0.717, 1.165) is 70.7 Å². The van der Waals surface area contributed by atoms with Gasteiger partial charge in [0.15, 0.2) is 0 Å². The van der Waals surface area contributed by atoms with E-state index >= 15 is 0 Å². The van der Waals surface area contributed by atoms with E-state index in [1.807, 2.05) is 82.3 Å². The molecule has 4 heterocycles. The first kappa shape index (κ1) is 52.6. The quantitative estimate of drug-likeness (QED) is 0.118. The number of piperidine rings is 2. The first-order valence-corrected chi connectivity index (χ1v) is 27.0. The molecule has 16 nitrogen and oxygen atoms in total. The molecular formula is C50H61ClN8O8S2. The van der Waals surface area contributed by atoms with Crippen molar-refractivity contribution in [3.63, 3.8) is 0 Å². The van der Waals surface area contributed by atoms with Gasteiger partial charge >= 0.3 is 0 Å². The summed E-state index contributed by atoms with van der Waals surface area (Å²) in [6, 6.07) is 26.7. The van der Waals surface area contributed by atoms with Crippen LogP contribution >= 0.6 is 10.7 Å². The average molecular weight is 1000 g/mol. The van der Waals surface area contributed by atoms with Crippen molar-refractivity contribution in [1.82, 2.24) is 20.3 Å². The first-order valence-electron chi connectivity index (χ1n) is 22.9. The number of carbonyl (C=O) groups is 4. The molecule has 4 aromatic carbocycles. The molecule has 368 valence electrons. The molecule has 5 N–H and O–H groups in total. The van der Waals surface area contributed by atoms with Crippen molar-refractivity contribution in [2.45, 2.75) is 91.1 Å². The lowest BCUT2D eigenvalue weighted by molar-refractivity contribution is -0.125. The van der Waals surface area contributed by atoms with Crippen LogP contribution < -0.4 is 26.6 Å². The average Bonchev–Trinajstić information content (AvgIpc) is 3.77. The van der Waals surface area contributed by atoms with E-state index in [1.165, 1.54) is 23.7 Å². The monoisotopic (exact) mass is 1000 g/mol. The third-order valence-electron chi connectivity index (χ3n) is 12.5. The van der Waals surface area contributed by atoms with Crippen LogP contribution in [0.3, 0.4) is 0 Å². The number of rotatable bonds is 11. The van der Waals surface area contributed by atoms with Gasteiger partial charge in [0.1, 0.15) is 22.7 Å². The van der Waals surface area contributed by atoms with Crippen LogP contribution in [0, 0.1) is 27.7 Å². The van der Waals surface area contributed by atoms with Crippen molar-refractivity contribution in [1.29, 1.82) is 0 Å². The molecule has 4 amide bonds. The number of amides is 4. The molecule has 0 aromatic heterocycles. The second-order valence-electron chi connectivity index (χ2n) is 18.0. The highest BCUT2D eigenvalue weighted by Gasteiger charge is 2.48. The van der Waals surface area contributed by atoms with Crippen LogP contribution in [0.25, 0.3) is 0 Å². The highest BCUT2D eigenvalue weighted by Crippen LogP contribution is 2.33. The van der Waals surface area contributed by atoms with Gasteiger partial charge in [-0.25, -0.2) is 21.1 Å². The summed E-state index contributed by atoms with van der Waals surface area (Å²) in [4.78, 5) is 56.5. The Balaban J connectivity index is 0.000000188. The summed E-state index contributed by atoms with van der Waals surface area (Å²) in [6.07, 6.45) is 3.04. The first-order chi connectivity index (χ1) is 32.5. The van der Waals surface area contributed by atoms with Crippen molar-refractivity contribution in [2.24, 2.45) is 9.98 Å². The van der Waals surface area contributed by atoms with E-state index in [-0.39, 0.29) is 48.2 Å². The Morgan fingerprint density at radius 2 is 1.07 bits per heavy atom.